The van der Waals surface area contributed by atoms with Crippen molar-refractivity contribution in [1.29, 1.82) is 0 Å². The van der Waals surface area contributed by atoms with Gasteiger partial charge in [-0.15, -0.1) is 0 Å². The van der Waals surface area contributed by atoms with Gasteiger partial charge in [0.25, 0.3) is 5.91 Å². The SMILES string of the molecule is CCOc1ccc(S(=O)(=O)N(CC(=O)N2C[C@@H](C(=O)NCc3ccccc3)Oc3ccccc32)Cc2ccccc2)cc1Cl. The zero-order chi connectivity index (χ0) is 31.1. The average molecular weight is 634 g/mol. The van der Waals surface area contributed by atoms with Crippen molar-refractivity contribution in [1.82, 2.24) is 9.62 Å². The number of sulfonamides is 1. The van der Waals surface area contributed by atoms with E-state index in [1.165, 1.54) is 23.1 Å². The van der Waals surface area contributed by atoms with Gasteiger partial charge in [0.15, 0.2) is 6.10 Å². The summed E-state index contributed by atoms with van der Waals surface area (Å²) in [7, 11) is -4.20. The minimum Gasteiger partial charge on any atom is -0.492 e. The molecule has 0 saturated carbocycles. The second kappa shape index (κ2) is 13.9. The average Bonchev–Trinajstić information content (AvgIpc) is 3.04. The van der Waals surface area contributed by atoms with Crippen molar-refractivity contribution >= 4 is 39.1 Å². The second-order valence-corrected chi connectivity index (χ2v) is 12.4. The first-order valence-corrected chi connectivity index (χ1v) is 15.9. The summed E-state index contributed by atoms with van der Waals surface area (Å²) in [6.07, 6.45) is -0.998. The van der Waals surface area contributed by atoms with Crippen molar-refractivity contribution in [2.75, 3.05) is 24.6 Å². The van der Waals surface area contributed by atoms with E-state index in [2.05, 4.69) is 5.32 Å². The minimum atomic E-state index is -4.20. The van der Waals surface area contributed by atoms with Crippen molar-refractivity contribution in [2.24, 2.45) is 0 Å². The Morgan fingerprint density at radius 2 is 1.61 bits per heavy atom. The van der Waals surface area contributed by atoms with Crippen molar-refractivity contribution < 1.29 is 27.5 Å². The van der Waals surface area contributed by atoms with E-state index in [-0.39, 0.29) is 28.9 Å². The number of carbonyl (C=O) groups is 2. The molecule has 228 valence electrons. The first-order chi connectivity index (χ1) is 21.3. The zero-order valence-corrected chi connectivity index (χ0v) is 25.6. The van der Waals surface area contributed by atoms with Gasteiger partial charge >= 0.3 is 0 Å². The fourth-order valence-corrected chi connectivity index (χ4v) is 6.52. The van der Waals surface area contributed by atoms with E-state index >= 15 is 0 Å². The molecule has 1 atom stereocenters. The van der Waals surface area contributed by atoms with Crippen LogP contribution in [0.25, 0.3) is 0 Å². The number of rotatable bonds is 11. The second-order valence-electron chi connectivity index (χ2n) is 10.1. The molecule has 0 fully saturated rings. The molecular weight excluding hydrogens is 602 g/mol. The Hall–Kier alpha value is -4.38. The maximum Gasteiger partial charge on any atom is 0.263 e. The Morgan fingerprint density at radius 1 is 0.955 bits per heavy atom. The molecule has 0 unspecified atom stereocenters. The molecule has 0 aromatic heterocycles. The van der Waals surface area contributed by atoms with Crippen molar-refractivity contribution in [3.63, 3.8) is 0 Å². The van der Waals surface area contributed by atoms with Gasteiger partial charge in [0, 0.05) is 13.1 Å². The third-order valence-electron chi connectivity index (χ3n) is 7.03. The molecule has 1 aliphatic rings. The highest BCUT2D eigenvalue weighted by atomic mass is 35.5. The molecule has 0 spiro atoms. The Balaban J connectivity index is 1.41. The first kappa shape index (κ1) is 31.1. The van der Waals surface area contributed by atoms with Crippen LogP contribution in [0.1, 0.15) is 18.1 Å². The molecular formula is C33H32ClN3O6S. The van der Waals surface area contributed by atoms with Gasteiger partial charge in [-0.2, -0.15) is 4.31 Å². The molecule has 1 heterocycles. The predicted octanol–water partition coefficient (Wildman–Crippen LogP) is 5.04. The zero-order valence-electron chi connectivity index (χ0n) is 24.1. The summed E-state index contributed by atoms with van der Waals surface area (Å²) in [6, 6.07) is 29.5. The van der Waals surface area contributed by atoms with E-state index in [0.29, 0.717) is 35.9 Å². The number of nitrogens with one attached hydrogen (secondary N) is 1. The van der Waals surface area contributed by atoms with Crippen LogP contribution in [0.4, 0.5) is 5.69 Å². The molecule has 11 heteroatoms. The number of ether oxygens (including phenoxy) is 2. The van der Waals surface area contributed by atoms with Gasteiger partial charge in [0.2, 0.25) is 15.9 Å². The molecule has 4 aromatic carbocycles. The number of benzene rings is 4. The third kappa shape index (κ3) is 7.21. The molecule has 2 amide bonds. The van der Waals surface area contributed by atoms with Crippen molar-refractivity contribution in [2.45, 2.75) is 31.0 Å². The van der Waals surface area contributed by atoms with Crippen LogP contribution in [0.5, 0.6) is 11.5 Å². The Kier molecular flexibility index (Phi) is 9.84. The van der Waals surface area contributed by atoms with Gasteiger partial charge in [-0.1, -0.05) is 84.4 Å². The van der Waals surface area contributed by atoms with Crippen LogP contribution < -0.4 is 19.7 Å². The molecule has 0 bridgehead atoms. The van der Waals surface area contributed by atoms with Crippen LogP contribution in [0.15, 0.2) is 108 Å². The molecule has 0 aliphatic carbocycles. The fraction of sp³-hybridized carbons (Fsp3) is 0.212. The maximum atomic E-state index is 14.0. The van der Waals surface area contributed by atoms with Gasteiger partial charge in [0.1, 0.15) is 11.5 Å². The van der Waals surface area contributed by atoms with Gasteiger partial charge in [-0.25, -0.2) is 8.42 Å². The van der Waals surface area contributed by atoms with E-state index in [0.717, 1.165) is 9.87 Å². The largest absolute Gasteiger partial charge is 0.492 e. The van der Waals surface area contributed by atoms with Crippen molar-refractivity contribution in [3.8, 4) is 11.5 Å². The number of amides is 2. The van der Waals surface area contributed by atoms with Crippen LogP contribution in [-0.4, -0.2) is 50.3 Å². The standard InChI is InChI=1S/C33H32ClN3O6S/c1-2-42-29-18-17-26(19-27(29)34)44(40,41)36(21-25-13-7-4-8-14-25)23-32(38)37-22-31(43-30-16-10-9-15-28(30)37)33(39)35-20-24-11-5-3-6-12-24/h3-19,31H,2,20-23H2,1H3,(H,35,39)/t31-/m0/s1. The molecule has 1 N–H and O–H groups in total. The van der Waals surface area contributed by atoms with Crippen molar-refractivity contribution in [3.05, 3.63) is 119 Å². The summed E-state index contributed by atoms with van der Waals surface area (Å²) in [5, 5.41) is 3.01. The third-order valence-corrected chi connectivity index (χ3v) is 9.11. The lowest BCUT2D eigenvalue weighted by Crippen LogP contribution is -2.52. The van der Waals surface area contributed by atoms with E-state index < -0.39 is 28.6 Å². The van der Waals surface area contributed by atoms with Crippen LogP contribution in [-0.2, 0) is 32.7 Å². The van der Waals surface area contributed by atoms with Gasteiger partial charge in [-0.3, -0.25) is 9.59 Å². The monoisotopic (exact) mass is 633 g/mol. The molecule has 0 saturated heterocycles. The number of hydrogen-bond donors (Lipinski definition) is 1. The Bertz CT molecular complexity index is 1720. The van der Waals surface area contributed by atoms with Gasteiger partial charge < -0.3 is 19.7 Å². The smallest absolute Gasteiger partial charge is 0.263 e. The lowest BCUT2D eigenvalue weighted by Gasteiger charge is -2.35. The topological polar surface area (TPSA) is 105 Å². The predicted molar refractivity (Wildman–Crippen MR) is 168 cm³/mol. The number of nitrogens with zero attached hydrogens (tertiary/aromatic N) is 2. The normalized spacial score (nSPS) is 14.4. The van der Waals surface area contributed by atoms with E-state index in [1.807, 2.05) is 36.4 Å². The number of halogens is 1. The van der Waals surface area contributed by atoms with Crippen LogP contribution in [0, 0.1) is 0 Å². The number of para-hydroxylation sites is 2. The lowest BCUT2D eigenvalue weighted by atomic mass is 10.1. The summed E-state index contributed by atoms with van der Waals surface area (Å²) in [5.41, 5.74) is 2.06. The summed E-state index contributed by atoms with van der Waals surface area (Å²) < 4.78 is 40.5. The number of hydrogen-bond acceptors (Lipinski definition) is 6. The highest BCUT2D eigenvalue weighted by molar-refractivity contribution is 7.89. The summed E-state index contributed by atoms with van der Waals surface area (Å²) in [4.78, 5) is 28.5. The van der Waals surface area contributed by atoms with Gasteiger partial charge in [0.05, 0.1) is 35.3 Å². The number of carbonyl (C=O) groups excluding carboxylic acids is 2. The number of fused-ring (bicyclic) bond motifs is 1. The highest BCUT2D eigenvalue weighted by Gasteiger charge is 2.36. The molecule has 9 nitrogen and oxygen atoms in total. The molecule has 1 aliphatic heterocycles. The number of anilines is 1. The van der Waals surface area contributed by atoms with Crippen LogP contribution >= 0.6 is 11.6 Å². The van der Waals surface area contributed by atoms with E-state index in [9.17, 15) is 18.0 Å². The Labute approximate surface area is 262 Å². The molecule has 0 radical (unpaired) electrons. The quantitative estimate of drug-likeness (QED) is 0.248. The molecule has 5 rings (SSSR count). The van der Waals surface area contributed by atoms with Crippen LogP contribution in [0.2, 0.25) is 5.02 Å². The van der Waals surface area contributed by atoms with E-state index in [4.69, 9.17) is 21.1 Å². The Morgan fingerprint density at radius 3 is 2.30 bits per heavy atom. The molecule has 4 aromatic rings. The molecule has 44 heavy (non-hydrogen) atoms. The maximum absolute atomic E-state index is 14.0. The summed E-state index contributed by atoms with van der Waals surface area (Å²) >= 11 is 6.34. The summed E-state index contributed by atoms with van der Waals surface area (Å²) in [6.45, 7) is 1.82. The van der Waals surface area contributed by atoms with Crippen LogP contribution in [0.3, 0.4) is 0 Å². The first-order valence-electron chi connectivity index (χ1n) is 14.1. The van der Waals surface area contributed by atoms with Gasteiger partial charge in [-0.05, 0) is 48.4 Å². The lowest BCUT2D eigenvalue weighted by molar-refractivity contribution is -0.128. The minimum absolute atomic E-state index is 0.0628. The highest BCUT2D eigenvalue weighted by Crippen LogP contribution is 2.34. The summed E-state index contributed by atoms with van der Waals surface area (Å²) in [5.74, 6) is -0.194. The van der Waals surface area contributed by atoms with E-state index in [1.54, 1.807) is 55.5 Å². The fourth-order valence-electron chi connectivity index (χ4n) is 4.82.